The maximum atomic E-state index is 6.31. The largest absolute Gasteiger partial charge is 0.0931 e. The minimum Gasteiger partial charge on any atom is -0.0931 e. The highest BCUT2D eigenvalue weighted by Gasteiger charge is 2.58. The van der Waals surface area contributed by atoms with Gasteiger partial charge in [0, 0.05) is 7.74 Å². The summed E-state index contributed by atoms with van der Waals surface area (Å²) in [6, 6.07) is 0. The second-order valence-corrected chi connectivity index (χ2v) is 12.6. The molecule has 2 heteroatoms. The number of fused-ring (bicyclic) bond motifs is 5. The van der Waals surface area contributed by atoms with Crippen LogP contribution in [-0.2, 0) is 0 Å². The van der Waals surface area contributed by atoms with Gasteiger partial charge in [0.05, 0.1) is 6.60 Å². The average Bonchev–Trinajstić information content (AvgIpc) is 3.00. The summed E-state index contributed by atoms with van der Waals surface area (Å²) < 4.78 is 0. The van der Waals surface area contributed by atoms with Gasteiger partial charge in [-0.05, 0) is 91.8 Å². The van der Waals surface area contributed by atoms with Crippen molar-refractivity contribution in [3.8, 4) is 0 Å². The van der Waals surface area contributed by atoms with Gasteiger partial charge in [-0.2, -0.15) is 0 Å². The van der Waals surface area contributed by atoms with Crippen molar-refractivity contribution >= 4 is 14.3 Å². The molecule has 3 saturated carbocycles. The molecule has 0 aromatic carbocycles. The predicted octanol–water partition coefficient (Wildman–Crippen LogP) is 7.94. The standard InChI is InChI=1S/C27H46B2/c1-19(2)8-6-7-9-20-11-13-24-23-12-10-21-18-22(29(5)28)14-16-27(21,4)25(23)15-17-26(20,24)3/h10,19-20,22-25H,6-9,11-18H2,1-5H3. The zero-order valence-corrected chi connectivity index (χ0v) is 20.2. The number of allylic oxidation sites excluding steroid dienone is 2. The van der Waals surface area contributed by atoms with Gasteiger partial charge < -0.3 is 0 Å². The highest BCUT2D eigenvalue weighted by Crippen LogP contribution is 2.67. The molecule has 160 valence electrons. The van der Waals surface area contributed by atoms with Crippen molar-refractivity contribution in [2.24, 2.45) is 40.4 Å². The van der Waals surface area contributed by atoms with Crippen LogP contribution in [0.1, 0.15) is 105 Å². The van der Waals surface area contributed by atoms with E-state index in [1.807, 2.05) is 0 Å². The first-order valence-corrected chi connectivity index (χ1v) is 13.2. The maximum Gasteiger partial charge on any atom is 0.0912 e. The lowest BCUT2D eigenvalue weighted by atomic mass is 9.25. The van der Waals surface area contributed by atoms with E-state index in [2.05, 4.69) is 40.6 Å². The van der Waals surface area contributed by atoms with Crippen LogP contribution in [0.3, 0.4) is 0 Å². The lowest BCUT2D eigenvalue weighted by Crippen LogP contribution is -2.50. The fourth-order valence-electron chi connectivity index (χ4n) is 8.66. The second-order valence-electron chi connectivity index (χ2n) is 12.6. The third-order valence-corrected chi connectivity index (χ3v) is 10.7. The third kappa shape index (κ3) is 3.93. The molecule has 0 aromatic rings. The van der Waals surface area contributed by atoms with Gasteiger partial charge in [-0.3, -0.25) is 0 Å². The lowest BCUT2D eigenvalue weighted by Gasteiger charge is -2.58. The van der Waals surface area contributed by atoms with E-state index in [0.29, 0.717) is 17.4 Å². The van der Waals surface area contributed by atoms with Gasteiger partial charge in [-0.15, -0.1) is 0 Å². The Balaban J connectivity index is 1.45. The molecular formula is C27H46B2. The van der Waals surface area contributed by atoms with Gasteiger partial charge in [0.1, 0.15) is 0 Å². The molecule has 4 rings (SSSR count). The van der Waals surface area contributed by atoms with Crippen molar-refractivity contribution in [1.82, 2.24) is 0 Å². The Bertz CT molecular complexity index is 608. The third-order valence-electron chi connectivity index (χ3n) is 10.7. The van der Waals surface area contributed by atoms with Crippen LogP contribution in [0.15, 0.2) is 11.6 Å². The second kappa shape index (κ2) is 8.43. The van der Waals surface area contributed by atoms with Crippen LogP contribution in [0.5, 0.6) is 0 Å². The molecule has 0 aliphatic heterocycles. The summed E-state index contributed by atoms with van der Waals surface area (Å²) >= 11 is 0. The molecule has 29 heavy (non-hydrogen) atoms. The minimum absolute atomic E-state index is 0.360. The molecule has 7 atom stereocenters. The lowest BCUT2D eigenvalue weighted by molar-refractivity contribution is -0.0425. The normalized spacial score (nSPS) is 44.1. The molecule has 4 aliphatic rings. The van der Waals surface area contributed by atoms with Crippen molar-refractivity contribution in [3.05, 3.63) is 11.6 Å². The molecule has 2 radical (unpaired) electrons. The number of rotatable bonds is 6. The molecule has 0 nitrogen and oxygen atoms in total. The fraction of sp³-hybridized carbons (Fsp3) is 0.926. The number of hydrogen-bond acceptors (Lipinski definition) is 0. The Hall–Kier alpha value is -0.130. The van der Waals surface area contributed by atoms with Gasteiger partial charge in [0.2, 0.25) is 0 Å². The topological polar surface area (TPSA) is 0 Å². The van der Waals surface area contributed by atoms with Gasteiger partial charge >= 0.3 is 0 Å². The Kier molecular flexibility index (Phi) is 6.41. The quantitative estimate of drug-likeness (QED) is 0.244. The molecule has 0 N–H and O–H groups in total. The summed E-state index contributed by atoms with van der Waals surface area (Å²) in [5, 5.41) is 0. The van der Waals surface area contributed by atoms with Crippen LogP contribution in [0.4, 0.5) is 0 Å². The zero-order valence-electron chi connectivity index (χ0n) is 20.2. The fourth-order valence-corrected chi connectivity index (χ4v) is 8.66. The van der Waals surface area contributed by atoms with Crippen molar-refractivity contribution in [3.63, 3.8) is 0 Å². The zero-order chi connectivity index (χ0) is 20.8. The van der Waals surface area contributed by atoms with Crippen LogP contribution >= 0.6 is 0 Å². The van der Waals surface area contributed by atoms with Crippen LogP contribution in [0, 0.1) is 40.4 Å². The van der Waals surface area contributed by atoms with Crippen LogP contribution in [0.2, 0.25) is 12.6 Å². The Morgan fingerprint density at radius 2 is 1.86 bits per heavy atom. The highest BCUT2D eigenvalue weighted by molar-refractivity contribution is 7.03. The van der Waals surface area contributed by atoms with Gasteiger partial charge in [-0.1, -0.05) is 77.7 Å². The summed E-state index contributed by atoms with van der Waals surface area (Å²) in [5.41, 5.74) is 2.94. The minimum atomic E-state index is 0.360. The van der Waals surface area contributed by atoms with E-state index < -0.39 is 0 Å². The molecule has 0 amide bonds. The molecule has 0 aromatic heterocycles. The van der Waals surface area contributed by atoms with Crippen molar-refractivity contribution < 1.29 is 0 Å². The Morgan fingerprint density at radius 1 is 1.07 bits per heavy atom. The Morgan fingerprint density at radius 3 is 2.59 bits per heavy atom. The number of hydrogen-bond donors (Lipinski definition) is 0. The van der Waals surface area contributed by atoms with Gasteiger partial charge in [0.15, 0.2) is 0 Å². The Labute approximate surface area is 183 Å². The molecule has 7 unspecified atom stereocenters. The van der Waals surface area contributed by atoms with Gasteiger partial charge in [-0.25, -0.2) is 0 Å². The first-order chi connectivity index (χ1) is 13.8. The molecule has 0 bridgehead atoms. The van der Waals surface area contributed by atoms with E-state index in [-0.39, 0.29) is 0 Å². The highest BCUT2D eigenvalue weighted by atomic mass is 14.6. The first kappa shape index (κ1) is 22.1. The summed E-state index contributed by atoms with van der Waals surface area (Å²) in [7, 11) is 6.31. The van der Waals surface area contributed by atoms with Crippen molar-refractivity contribution in [2.45, 2.75) is 117 Å². The maximum absolute atomic E-state index is 6.31. The summed E-state index contributed by atoms with van der Waals surface area (Å²) in [5.74, 6) is 5.52. The van der Waals surface area contributed by atoms with E-state index in [4.69, 9.17) is 7.74 Å². The van der Waals surface area contributed by atoms with E-state index in [0.717, 1.165) is 35.4 Å². The predicted molar refractivity (Wildman–Crippen MR) is 130 cm³/mol. The molecule has 3 fully saturated rings. The number of unbranched alkanes of at least 4 members (excludes halogenated alkanes) is 1. The van der Waals surface area contributed by atoms with E-state index >= 15 is 0 Å². The summed E-state index contributed by atoms with van der Waals surface area (Å²) in [6.07, 6.45) is 20.0. The summed E-state index contributed by atoms with van der Waals surface area (Å²) in [6.45, 7) is 12.7. The molecule has 0 heterocycles. The molecule has 4 aliphatic carbocycles. The van der Waals surface area contributed by atoms with Crippen molar-refractivity contribution in [1.29, 1.82) is 0 Å². The SMILES string of the molecule is [B]B(C)C1CCC2(C)C(=CCC3C2CCC2(C)C(CCCCC(C)C)CCC32)C1. The first-order valence-electron chi connectivity index (χ1n) is 13.2. The van der Waals surface area contributed by atoms with Crippen LogP contribution in [0.25, 0.3) is 0 Å². The average molecular weight is 392 g/mol. The molecule has 0 spiro atoms. The van der Waals surface area contributed by atoms with E-state index in [1.54, 1.807) is 5.57 Å². The molecular weight excluding hydrogens is 346 g/mol. The van der Waals surface area contributed by atoms with Crippen LogP contribution < -0.4 is 0 Å². The van der Waals surface area contributed by atoms with Gasteiger partial charge in [0.25, 0.3) is 0 Å². The van der Waals surface area contributed by atoms with Crippen molar-refractivity contribution in [2.75, 3.05) is 0 Å². The monoisotopic (exact) mass is 392 g/mol. The van der Waals surface area contributed by atoms with E-state index in [9.17, 15) is 0 Å². The van der Waals surface area contributed by atoms with E-state index in [1.165, 1.54) is 77.0 Å². The smallest absolute Gasteiger partial charge is 0.0912 e. The van der Waals surface area contributed by atoms with Crippen LogP contribution in [-0.4, -0.2) is 14.3 Å². The summed E-state index contributed by atoms with van der Waals surface area (Å²) in [4.78, 5) is 0. The molecule has 0 saturated heterocycles.